The Balaban J connectivity index is 1.63. The molecule has 0 radical (unpaired) electrons. The molecule has 0 saturated heterocycles. The molecule has 3 aromatic carbocycles. The first-order chi connectivity index (χ1) is 15.7. The molecule has 0 aliphatic carbocycles. The van der Waals surface area contributed by atoms with Crippen molar-refractivity contribution in [2.24, 2.45) is 0 Å². The Morgan fingerprint density at radius 1 is 1.00 bits per heavy atom. The Labute approximate surface area is 202 Å². The van der Waals surface area contributed by atoms with Crippen LogP contribution in [0.2, 0.25) is 5.02 Å². The summed E-state index contributed by atoms with van der Waals surface area (Å²) < 4.78 is 26.4. The second-order valence-electron chi connectivity index (χ2n) is 7.89. The predicted octanol–water partition coefficient (Wildman–Crippen LogP) is 5.96. The number of nitrogens with zero attached hydrogens (tertiary/aromatic N) is 2. The van der Waals surface area contributed by atoms with Gasteiger partial charge in [0.25, 0.3) is 0 Å². The van der Waals surface area contributed by atoms with Crippen molar-refractivity contribution in [1.29, 1.82) is 0 Å². The molecule has 0 fully saturated rings. The van der Waals surface area contributed by atoms with Crippen LogP contribution in [0.4, 0.5) is 5.13 Å². The zero-order valence-corrected chi connectivity index (χ0v) is 20.7. The van der Waals surface area contributed by atoms with E-state index in [-0.39, 0.29) is 23.0 Å². The van der Waals surface area contributed by atoms with Gasteiger partial charge in [-0.2, -0.15) is 0 Å². The second-order valence-corrected chi connectivity index (χ2v) is 11.4. The number of anilines is 1. The van der Waals surface area contributed by atoms with Crippen LogP contribution in [0.1, 0.15) is 23.1 Å². The van der Waals surface area contributed by atoms with E-state index in [1.165, 1.54) is 11.3 Å². The average Bonchev–Trinajstić information content (AvgIpc) is 3.26. The van der Waals surface area contributed by atoms with Crippen LogP contribution in [-0.2, 0) is 21.2 Å². The summed E-state index contributed by atoms with van der Waals surface area (Å²) in [5.74, 6) is -0.576. The van der Waals surface area contributed by atoms with Crippen LogP contribution in [0.5, 0.6) is 0 Å². The second kappa shape index (κ2) is 9.63. The molecule has 0 saturated carbocycles. The van der Waals surface area contributed by atoms with Gasteiger partial charge in [0.2, 0.25) is 5.91 Å². The molecule has 0 aliphatic rings. The van der Waals surface area contributed by atoms with Gasteiger partial charge in [0.1, 0.15) is 0 Å². The monoisotopic (exact) mass is 498 g/mol. The van der Waals surface area contributed by atoms with E-state index in [9.17, 15) is 13.2 Å². The topological polar surface area (TPSA) is 67.3 Å². The number of aromatic nitrogens is 1. The molecule has 1 amide bonds. The fraction of sp³-hybridized carbons (Fsp3) is 0.200. The molecule has 33 heavy (non-hydrogen) atoms. The van der Waals surface area contributed by atoms with Crippen molar-refractivity contribution in [3.05, 3.63) is 88.4 Å². The quantitative estimate of drug-likeness (QED) is 0.315. The van der Waals surface area contributed by atoms with Gasteiger partial charge in [0, 0.05) is 6.42 Å². The average molecular weight is 499 g/mol. The Morgan fingerprint density at radius 3 is 2.36 bits per heavy atom. The fourth-order valence-electron chi connectivity index (χ4n) is 3.45. The van der Waals surface area contributed by atoms with Gasteiger partial charge in [-0.1, -0.05) is 77.0 Å². The Morgan fingerprint density at radius 2 is 1.70 bits per heavy atom. The van der Waals surface area contributed by atoms with Crippen LogP contribution in [-0.4, -0.2) is 25.1 Å². The normalized spacial score (nSPS) is 11.6. The van der Waals surface area contributed by atoms with Gasteiger partial charge in [-0.15, -0.1) is 0 Å². The molecular formula is C25H23ClN2O3S2. The summed E-state index contributed by atoms with van der Waals surface area (Å²) in [5.41, 5.74) is 3.62. The van der Waals surface area contributed by atoms with Crippen molar-refractivity contribution >= 4 is 54.0 Å². The number of halogens is 1. The highest BCUT2D eigenvalue weighted by molar-refractivity contribution is 7.91. The first kappa shape index (κ1) is 23.4. The van der Waals surface area contributed by atoms with E-state index in [1.54, 1.807) is 29.2 Å². The van der Waals surface area contributed by atoms with E-state index < -0.39 is 9.84 Å². The zero-order valence-electron chi connectivity index (χ0n) is 18.3. The number of aryl methyl sites for hydroxylation is 2. The van der Waals surface area contributed by atoms with Crippen LogP contribution >= 0.6 is 22.9 Å². The third-order valence-corrected chi connectivity index (χ3v) is 8.64. The van der Waals surface area contributed by atoms with Gasteiger partial charge < -0.3 is 0 Å². The summed E-state index contributed by atoms with van der Waals surface area (Å²) in [6, 6.07) is 19.9. The minimum Gasteiger partial charge on any atom is -0.284 e. The summed E-state index contributed by atoms with van der Waals surface area (Å²) in [5, 5.41) is 1.08. The number of amides is 1. The lowest BCUT2D eigenvalue weighted by atomic mass is 10.2. The lowest BCUT2D eigenvalue weighted by Crippen LogP contribution is -2.31. The minimum atomic E-state index is -3.58. The Kier molecular flexibility index (Phi) is 6.83. The molecule has 0 spiro atoms. The van der Waals surface area contributed by atoms with Gasteiger partial charge in [-0.05, 0) is 43.2 Å². The summed E-state index contributed by atoms with van der Waals surface area (Å²) in [6.45, 7) is 4.13. The van der Waals surface area contributed by atoms with Crippen LogP contribution in [0.25, 0.3) is 10.2 Å². The van der Waals surface area contributed by atoms with Crippen molar-refractivity contribution in [3.8, 4) is 0 Å². The first-order valence-corrected chi connectivity index (χ1v) is 13.3. The van der Waals surface area contributed by atoms with E-state index in [4.69, 9.17) is 16.6 Å². The van der Waals surface area contributed by atoms with Crippen molar-refractivity contribution in [2.45, 2.75) is 31.7 Å². The number of carbonyl (C=O) groups excluding carboxylic acids is 1. The molecule has 8 heteroatoms. The third kappa shape index (κ3) is 5.27. The van der Waals surface area contributed by atoms with E-state index >= 15 is 0 Å². The molecule has 170 valence electrons. The number of fused-ring (bicyclic) bond motifs is 1. The fourth-order valence-corrected chi connectivity index (χ4v) is 6.02. The minimum absolute atomic E-state index is 0.147. The molecular weight excluding hydrogens is 476 g/mol. The van der Waals surface area contributed by atoms with Gasteiger partial charge in [-0.25, -0.2) is 13.4 Å². The maximum Gasteiger partial charge on any atom is 0.230 e. The van der Waals surface area contributed by atoms with Crippen molar-refractivity contribution in [3.63, 3.8) is 0 Å². The number of thiazole rings is 1. The number of carbonyl (C=O) groups is 1. The van der Waals surface area contributed by atoms with Gasteiger partial charge >= 0.3 is 0 Å². The third-order valence-electron chi connectivity index (χ3n) is 5.37. The van der Waals surface area contributed by atoms with E-state index in [0.29, 0.717) is 16.7 Å². The van der Waals surface area contributed by atoms with Gasteiger partial charge in [0.05, 0.1) is 32.4 Å². The molecule has 1 aromatic heterocycles. The van der Waals surface area contributed by atoms with E-state index in [1.807, 2.05) is 56.3 Å². The number of sulfone groups is 1. The van der Waals surface area contributed by atoms with Crippen LogP contribution in [0.3, 0.4) is 0 Å². The van der Waals surface area contributed by atoms with Crippen molar-refractivity contribution in [2.75, 3.05) is 10.7 Å². The van der Waals surface area contributed by atoms with Crippen LogP contribution in [0, 0.1) is 13.8 Å². The first-order valence-electron chi connectivity index (χ1n) is 10.4. The molecule has 0 aliphatic heterocycles. The molecule has 0 atom stereocenters. The van der Waals surface area contributed by atoms with Gasteiger partial charge in [-0.3, -0.25) is 9.69 Å². The van der Waals surface area contributed by atoms with Crippen molar-refractivity contribution in [1.82, 2.24) is 4.98 Å². The van der Waals surface area contributed by atoms with E-state index in [0.717, 1.165) is 26.9 Å². The number of hydrogen-bond donors (Lipinski definition) is 0. The molecule has 4 aromatic rings. The highest BCUT2D eigenvalue weighted by Gasteiger charge is 2.24. The molecule has 4 rings (SSSR count). The highest BCUT2D eigenvalue weighted by atomic mass is 35.5. The SMILES string of the molecule is Cc1ccc(S(=O)(=O)CCC(=O)N(Cc2ccccc2)c2nc3c(C)ccc(Cl)c3s2)cc1. The van der Waals surface area contributed by atoms with Crippen LogP contribution in [0.15, 0.2) is 71.6 Å². The Hall–Kier alpha value is -2.74. The maximum absolute atomic E-state index is 13.3. The number of hydrogen-bond acceptors (Lipinski definition) is 5. The summed E-state index contributed by atoms with van der Waals surface area (Å²) in [4.78, 5) is 19.8. The predicted molar refractivity (Wildman–Crippen MR) is 135 cm³/mol. The van der Waals surface area contributed by atoms with Crippen LogP contribution < -0.4 is 4.90 Å². The molecule has 1 heterocycles. The standard InChI is InChI=1S/C25H23ClN2O3S2/c1-17-8-11-20(12-9-17)33(30,31)15-14-22(29)28(16-19-6-4-3-5-7-19)25-27-23-18(2)10-13-21(26)24(23)32-25/h3-13H,14-16H2,1-2H3. The lowest BCUT2D eigenvalue weighted by molar-refractivity contribution is -0.118. The number of benzene rings is 3. The van der Waals surface area contributed by atoms with Gasteiger partial charge in [0.15, 0.2) is 15.0 Å². The molecule has 0 unspecified atom stereocenters. The molecule has 5 nitrogen and oxygen atoms in total. The molecule has 0 bridgehead atoms. The molecule has 0 N–H and O–H groups in total. The lowest BCUT2D eigenvalue weighted by Gasteiger charge is -2.20. The summed E-state index contributed by atoms with van der Waals surface area (Å²) in [6.07, 6.45) is -0.147. The smallest absolute Gasteiger partial charge is 0.230 e. The largest absolute Gasteiger partial charge is 0.284 e. The summed E-state index contributed by atoms with van der Waals surface area (Å²) in [7, 11) is -3.58. The zero-order chi connectivity index (χ0) is 23.6. The van der Waals surface area contributed by atoms with Crippen molar-refractivity contribution < 1.29 is 13.2 Å². The Bertz CT molecular complexity index is 1360. The highest BCUT2D eigenvalue weighted by Crippen LogP contribution is 2.36. The summed E-state index contributed by atoms with van der Waals surface area (Å²) >= 11 is 7.71. The number of rotatable bonds is 7. The maximum atomic E-state index is 13.3. The van der Waals surface area contributed by atoms with E-state index in [2.05, 4.69) is 0 Å².